The number of halogens is 4. The van der Waals surface area contributed by atoms with Gasteiger partial charge in [-0.25, -0.2) is 9.37 Å². The van der Waals surface area contributed by atoms with Crippen LogP contribution < -0.4 is 0 Å². The average Bonchev–Trinajstić information content (AvgIpc) is 2.18. The Bertz CT molecular complexity index is 602. The zero-order valence-corrected chi connectivity index (χ0v) is 8.42. The Morgan fingerprint density at radius 3 is 2.56 bits per heavy atom. The van der Waals surface area contributed by atoms with Crippen molar-refractivity contribution in [2.24, 2.45) is 0 Å². The second kappa shape index (κ2) is 3.51. The van der Waals surface area contributed by atoms with Gasteiger partial charge < -0.3 is 4.98 Å². The minimum absolute atomic E-state index is 0.156. The molecule has 0 aliphatic heterocycles. The van der Waals surface area contributed by atoms with Gasteiger partial charge >= 0.3 is 6.18 Å². The zero-order chi connectivity index (χ0) is 11.9. The molecule has 1 aromatic heterocycles. The highest BCUT2D eigenvalue weighted by molar-refractivity contribution is 7.71. The van der Waals surface area contributed by atoms with E-state index in [9.17, 15) is 17.6 Å². The van der Waals surface area contributed by atoms with Crippen LogP contribution in [0.4, 0.5) is 17.6 Å². The number of fused-ring (bicyclic) bond motifs is 1. The molecule has 1 heterocycles. The van der Waals surface area contributed by atoms with Gasteiger partial charge in [-0.2, -0.15) is 13.2 Å². The van der Waals surface area contributed by atoms with Crippen molar-refractivity contribution >= 4 is 23.1 Å². The third-order valence-electron chi connectivity index (χ3n) is 1.97. The quantitative estimate of drug-likeness (QED) is 0.571. The van der Waals surface area contributed by atoms with Crippen LogP contribution in [0.5, 0.6) is 0 Å². The molecule has 2 aromatic rings. The number of benzene rings is 1. The predicted octanol–water partition coefficient (Wildman–Crippen LogP) is 3.45. The molecule has 0 spiro atoms. The predicted molar refractivity (Wildman–Crippen MR) is 51.9 cm³/mol. The highest BCUT2D eigenvalue weighted by Gasteiger charge is 2.34. The molecule has 7 heteroatoms. The molecule has 0 saturated heterocycles. The maximum Gasteiger partial charge on any atom is 0.449 e. The Kier molecular flexibility index (Phi) is 2.42. The Morgan fingerprint density at radius 2 is 1.94 bits per heavy atom. The Balaban J connectivity index is 2.86. The van der Waals surface area contributed by atoms with E-state index in [4.69, 9.17) is 0 Å². The van der Waals surface area contributed by atoms with Crippen molar-refractivity contribution in [1.82, 2.24) is 9.97 Å². The summed E-state index contributed by atoms with van der Waals surface area (Å²) in [7, 11) is 0. The summed E-state index contributed by atoms with van der Waals surface area (Å²) in [5.74, 6) is -2.09. The molecular formula is C9H4F4N2S. The Labute approximate surface area is 91.9 Å². The summed E-state index contributed by atoms with van der Waals surface area (Å²) in [5.41, 5.74) is -0.283. The third kappa shape index (κ3) is 1.78. The van der Waals surface area contributed by atoms with E-state index in [-0.39, 0.29) is 15.5 Å². The molecule has 0 saturated carbocycles. The molecule has 0 radical (unpaired) electrons. The van der Waals surface area contributed by atoms with Crippen molar-refractivity contribution < 1.29 is 17.6 Å². The van der Waals surface area contributed by atoms with Crippen LogP contribution in [0.3, 0.4) is 0 Å². The Morgan fingerprint density at radius 1 is 1.25 bits per heavy atom. The first-order valence-corrected chi connectivity index (χ1v) is 4.56. The van der Waals surface area contributed by atoms with Gasteiger partial charge in [-0.1, -0.05) is 18.3 Å². The highest BCUT2D eigenvalue weighted by atomic mass is 32.1. The van der Waals surface area contributed by atoms with Gasteiger partial charge in [0.15, 0.2) is 0 Å². The van der Waals surface area contributed by atoms with Crippen molar-refractivity contribution in [3.8, 4) is 0 Å². The van der Waals surface area contributed by atoms with Gasteiger partial charge in [0.25, 0.3) is 0 Å². The summed E-state index contributed by atoms with van der Waals surface area (Å²) in [4.78, 5) is 5.08. The van der Waals surface area contributed by atoms with Gasteiger partial charge in [-0.05, 0) is 12.1 Å². The van der Waals surface area contributed by atoms with E-state index in [0.717, 1.165) is 6.07 Å². The summed E-state index contributed by atoms with van der Waals surface area (Å²) in [6, 6.07) is 3.81. The molecule has 0 amide bonds. The summed E-state index contributed by atoms with van der Waals surface area (Å²) in [6.07, 6.45) is -4.68. The molecule has 0 atom stereocenters. The van der Waals surface area contributed by atoms with E-state index in [1.807, 2.05) is 4.98 Å². The lowest BCUT2D eigenvalue weighted by molar-refractivity contribution is -0.144. The Hall–Kier alpha value is -1.50. The van der Waals surface area contributed by atoms with Gasteiger partial charge in [0.1, 0.15) is 10.5 Å². The summed E-state index contributed by atoms with van der Waals surface area (Å²) in [5, 5.41) is 0.156. The summed E-state index contributed by atoms with van der Waals surface area (Å²) in [6.45, 7) is 0. The van der Waals surface area contributed by atoms with E-state index in [1.165, 1.54) is 12.1 Å². The third-order valence-corrected chi connectivity index (χ3v) is 2.28. The molecule has 2 nitrogen and oxygen atoms in total. The van der Waals surface area contributed by atoms with E-state index >= 15 is 0 Å². The molecule has 84 valence electrons. The number of para-hydroxylation sites is 1. The van der Waals surface area contributed by atoms with Crippen molar-refractivity contribution in [1.29, 1.82) is 0 Å². The summed E-state index contributed by atoms with van der Waals surface area (Å²) < 4.78 is 50.1. The number of hydrogen-bond donors (Lipinski definition) is 1. The van der Waals surface area contributed by atoms with Crippen LogP contribution in [0.1, 0.15) is 5.82 Å². The van der Waals surface area contributed by atoms with Gasteiger partial charge in [-0.15, -0.1) is 0 Å². The lowest BCUT2D eigenvalue weighted by atomic mass is 10.2. The molecule has 0 aliphatic rings. The largest absolute Gasteiger partial charge is 0.449 e. The lowest BCUT2D eigenvalue weighted by Gasteiger charge is -2.07. The van der Waals surface area contributed by atoms with Crippen LogP contribution in [0.25, 0.3) is 10.9 Å². The maximum absolute atomic E-state index is 13.3. The normalized spacial score (nSPS) is 12.0. The number of nitrogens with zero attached hydrogens (tertiary/aromatic N) is 1. The van der Waals surface area contributed by atoms with Crippen LogP contribution in [0, 0.1) is 10.5 Å². The molecule has 16 heavy (non-hydrogen) atoms. The molecule has 0 aliphatic carbocycles. The minimum Gasteiger partial charge on any atom is -0.333 e. The number of nitrogens with one attached hydrogen (secondary N) is 1. The summed E-state index contributed by atoms with van der Waals surface area (Å²) >= 11 is 4.67. The fraction of sp³-hybridized carbons (Fsp3) is 0.111. The average molecular weight is 248 g/mol. The first-order valence-electron chi connectivity index (χ1n) is 4.15. The van der Waals surface area contributed by atoms with E-state index in [1.54, 1.807) is 0 Å². The second-order valence-corrected chi connectivity index (χ2v) is 3.44. The number of H-pyrrole nitrogens is 1. The molecule has 1 N–H and O–H groups in total. The smallest absolute Gasteiger partial charge is 0.333 e. The number of hydrogen-bond acceptors (Lipinski definition) is 2. The van der Waals surface area contributed by atoms with Crippen LogP contribution in [0.15, 0.2) is 18.2 Å². The van der Waals surface area contributed by atoms with Crippen LogP contribution in [-0.4, -0.2) is 9.97 Å². The number of aromatic amines is 1. The van der Waals surface area contributed by atoms with Crippen molar-refractivity contribution in [3.63, 3.8) is 0 Å². The second-order valence-electron chi connectivity index (χ2n) is 3.05. The van der Waals surface area contributed by atoms with E-state index in [0.29, 0.717) is 0 Å². The highest BCUT2D eigenvalue weighted by Crippen LogP contribution is 2.28. The van der Waals surface area contributed by atoms with Crippen LogP contribution in [-0.2, 0) is 6.18 Å². The van der Waals surface area contributed by atoms with E-state index < -0.39 is 17.8 Å². The van der Waals surface area contributed by atoms with Crippen LogP contribution >= 0.6 is 12.2 Å². The first kappa shape index (κ1) is 11.0. The van der Waals surface area contributed by atoms with Gasteiger partial charge in [0, 0.05) is 5.39 Å². The lowest BCUT2D eigenvalue weighted by Crippen LogP contribution is -2.11. The maximum atomic E-state index is 13.3. The molecule has 1 aromatic carbocycles. The number of rotatable bonds is 0. The molecule has 0 fully saturated rings. The fourth-order valence-electron chi connectivity index (χ4n) is 1.27. The fourth-order valence-corrected chi connectivity index (χ4v) is 1.53. The standard InChI is InChI=1S/C9H4F4N2S/c10-5-3-1-2-4-6(5)14-8(9(11,12)13)15-7(4)16/h1-3H,(H,14,15,16). The number of alkyl halides is 3. The molecular weight excluding hydrogens is 244 g/mol. The topological polar surface area (TPSA) is 28.7 Å². The van der Waals surface area contributed by atoms with Gasteiger partial charge in [0.05, 0.1) is 5.52 Å². The number of aromatic nitrogens is 2. The van der Waals surface area contributed by atoms with Gasteiger partial charge in [0.2, 0.25) is 5.82 Å². The van der Waals surface area contributed by atoms with Crippen LogP contribution in [0.2, 0.25) is 0 Å². The minimum atomic E-state index is -4.68. The van der Waals surface area contributed by atoms with Crippen molar-refractivity contribution in [3.05, 3.63) is 34.5 Å². The first-order chi connectivity index (χ1) is 7.39. The van der Waals surface area contributed by atoms with Crippen molar-refractivity contribution in [2.45, 2.75) is 6.18 Å². The van der Waals surface area contributed by atoms with Crippen molar-refractivity contribution in [2.75, 3.05) is 0 Å². The SMILES string of the molecule is Fc1cccc2c(=S)nc(C(F)(F)F)[nH]c12. The molecule has 0 bridgehead atoms. The van der Waals surface area contributed by atoms with Gasteiger partial charge in [-0.3, -0.25) is 0 Å². The monoisotopic (exact) mass is 248 g/mol. The van der Waals surface area contributed by atoms with E-state index in [2.05, 4.69) is 17.2 Å². The molecule has 0 unspecified atom stereocenters. The molecule has 2 rings (SSSR count). The zero-order valence-electron chi connectivity index (χ0n) is 7.60.